The first-order chi connectivity index (χ1) is 15.7. The van der Waals surface area contributed by atoms with Gasteiger partial charge in [-0.2, -0.15) is 0 Å². The van der Waals surface area contributed by atoms with Gasteiger partial charge in [0.15, 0.2) is 10.9 Å². The van der Waals surface area contributed by atoms with E-state index in [9.17, 15) is 4.79 Å². The molecule has 1 N–H and O–H groups in total. The number of likely N-dealkylation sites (tertiary alicyclic amines) is 1. The highest BCUT2D eigenvalue weighted by Crippen LogP contribution is 2.30. The van der Waals surface area contributed by atoms with Gasteiger partial charge in [-0.15, -0.1) is 10.2 Å². The van der Waals surface area contributed by atoms with E-state index in [1.807, 2.05) is 28.8 Å². The average molecular weight is 454 g/mol. The van der Waals surface area contributed by atoms with Gasteiger partial charge >= 0.3 is 0 Å². The molecule has 4 rings (SSSR count). The normalized spacial score (nSPS) is 14.5. The number of carbonyl (C=O) groups is 1. The summed E-state index contributed by atoms with van der Waals surface area (Å²) in [6, 6.07) is 11.9. The van der Waals surface area contributed by atoms with Crippen molar-refractivity contribution < 1.29 is 9.21 Å². The summed E-state index contributed by atoms with van der Waals surface area (Å²) < 4.78 is 7.62. The summed E-state index contributed by atoms with van der Waals surface area (Å²) >= 11 is 1.62. The number of thioether (sulfide) groups is 1. The van der Waals surface area contributed by atoms with Crippen molar-refractivity contribution in [3.05, 3.63) is 48.2 Å². The maximum atomic E-state index is 12.2. The Kier molecular flexibility index (Phi) is 8.01. The zero-order chi connectivity index (χ0) is 22.2. The molecule has 170 valence electrons. The maximum absolute atomic E-state index is 12.2. The van der Waals surface area contributed by atoms with Crippen LogP contribution in [0.25, 0.3) is 17.3 Å². The zero-order valence-electron chi connectivity index (χ0n) is 18.6. The van der Waals surface area contributed by atoms with Crippen LogP contribution in [0.4, 0.5) is 0 Å². The van der Waals surface area contributed by atoms with Gasteiger partial charge in [-0.05, 0) is 63.0 Å². The van der Waals surface area contributed by atoms with Crippen LogP contribution >= 0.6 is 11.8 Å². The van der Waals surface area contributed by atoms with E-state index in [4.69, 9.17) is 4.42 Å². The van der Waals surface area contributed by atoms with Crippen molar-refractivity contribution in [2.75, 3.05) is 31.9 Å². The number of rotatable bonds is 10. The van der Waals surface area contributed by atoms with E-state index in [-0.39, 0.29) is 5.91 Å². The molecule has 0 bridgehead atoms. The number of hydrogen-bond acceptors (Lipinski definition) is 6. The molecule has 7 nitrogen and oxygen atoms in total. The molecule has 0 atom stereocenters. The van der Waals surface area contributed by atoms with Crippen molar-refractivity contribution in [1.29, 1.82) is 0 Å². The molecule has 0 aliphatic carbocycles. The lowest BCUT2D eigenvalue weighted by Crippen LogP contribution is -2.37. The minimum Gasteiger partial charge on any atom is -0.461 e. The standard InChI is InChI=1S/C24H31N5O2S/c1-19-9-3-4-10-20(19)29-23(21-11-7-17-31-21)26-27-24(29)32-18-8-12-22(30)25-13-16-28-14-5-2-6-15-28/h3-4,7,9-11,17H,2,5-6,8,12-16,18H2,1H3,(H,25,30). The first-order valence-corrected chi connectivity index (χ1v) is 12.4. The van der Waals surface area contributed by atoms with Crippen LogP contribution in [0.5, 0.6) is 0 Å². The molecule has 0 radical (unpaired) electrons. The first kappa shape index (κ1) is 22.6. The van der Waals surface area contributed by atoms with E-state index >= 15 is 0 Å². The monoisotopic (exact) mass is 453 g/mol. The number of hydrogen-bond donors (Lipinski definition) is 1. The van der Waals surface area contributed by atoms with Crippen molar-refractivity contribution in [2.45, 2.75) is 44.2 Å². The SMILES string of the molecule is Cc1ccccc1-n1c(SCCCC(=O)NCCN2CCCCC2)nnc1-c1ccco1. The fourth-order valence-electron chi connectivity index (χ4n) is 3.98. The number of piperidine rings is 1. The van der Waals surface area contributed by atoms with E-state index in [0.29, 0.717) is 18.0 Å². The molecule has 1 aliphatic rings. The van der Waals surface area contributed by atoms with Crippen LogP contribution in [0.3, 0.4) is 0 Å². The van der Waals surface area contributed by atoms with Gasteiger partial charge in [0.2, 0.25) is 11.7 Å². The molecule has 3 heterocycles. The quantitative estimate of drug-likeness (QED) is 0.364. The smallest absolute Gasteiger partial charge is 0.220 e. The Bertz CT molecular complexity index is 996. The summed E-state index contributed by atoms with van der Waals surface area (Å²) in [5, 5.41) is 12.7. The molecule has 2 aromatic heterocycles. The van der Waals surface area contributed by atoms with Crippen LogP contribution in [-0.4, -0.2) is 57.5 Å². The number of benzene rings is 1. The molecule has 0 unspecified atom stereocenters. The Morgan fingerprint density at radius 2 is 1.97 bits per heavy atom. The molecule has 8 heteroatoms. The Labute approximate surface area is 193 Å². The lowest BCUT2D eigenvalue weighted by Gasteiger charge is -2.26. The predicted molar refractivity (Wildman–Crippen MR) is 127 cm³/mol. The van der Waals surface area contributed by atoms with E-state index in [1.54, 1.807) is 18.0 Å². The molecule has 0 saturated carbocycles. The van der Waals surface area contributed by atoms with Crippen molar-refractivity contribution in [2.24, 2.45) is 0 Å². The maximum Gasteiger partial charge on any atom is 0.220 e. The molecule has 0 spiro atoms. The van der Waals surface area contributed by atoms with Gasteiger partial charge in [-0.3, -0.25) is 9.36 Å². The second-order valence-corrected chi connectivity index (χ2v) is 9.17. The van der Waals surface area contributed by atoms with Crippen molar-refractivity contribution >= 4 is 17.7 Å². The fraction of sp³-hybridized carbons (Fsp3) is 0.458. The van der Waals surface area contributed by atoms with E-state index in [2.05, 4.69) is 39.5 Å². The van der Waals surface area contributed by atoms with Crippen molar-refractivity contribution in [3.63, 3.8) is 0 Å². The highest BCUT2D eigenvalue weighted by molar-refractivity contribution is 7.99. The number of para-hydroxylation sites is 1. The Morgan fingerprint density at radius 1 is 1.12 bits per heavy atom. The minimum absolute atomic E-state index is 0.124. The Balaban J connectivity index is 1.31. The number of aromatic nitrogens is 3. The van der Waals surface area contributed by atoms with Crippen LogP contribution in [0.1, 0.15) is 37.7 Å². The number of furan rings is 1. The van der Waals surface area contributed by atoms with Crippen molar-refractivity contribution in [1.82, 2.24) is 25.0 Å². The lowest BCUT2D eigenvalue weighted by molar-refractivity contribution is -0.121. The third-order valence-electron chi connectivity index (χ3n) is 5.71. The van der Waals surface area contributed by atoms with Crippen LogP contribution in [0.15, 0.2) is 52.2 Å². The van der Waals surface area contributed by atoms with Gasteiger partial charge in [0.25, 0.3) is 0 Å². The van der Waals surface area contributed by atoms with Crippen LogP contribution < -0.4 is 5.32 Å². The minimum atomic E-state index is 0.124. The van der Waals surface area contributed by atoms with Crippen LogP contribution in [0, 0.1) is 6.92 Å². The van der Waals surface area contributed by atoms with E-state index in [0.717, 1.165) is 54.8 Å². The lowest BCUT2D eigenvalue weighted by atomic mass is 10.1. The fourth-order valence-corrected chi connectivity index (χ4v) is 4.87. The first-order valence-electron chi connectivity index (χ1n) is 11.4. The van der Waals surface area contributed by atoms with E-state index < -0.39 is 0 Å². The van der Waals surface area contributed by atoms with Gasteiger partial charge in [-0.1, -0.05) is 36.4 Å². The van der Waals surface area contributed by atoms with Crippen LogP contribution in [0.2, 0.25) is 0 Å². The van der Waals surface area contributed by atoms with Gasteiger partial charge < -0.3 is 14.6 Å². The third-order valence-corrected chi connectivity index (χ3v) is 6.72. The second kappa shape index (κ2) is 11.3. The number of aryl methyl sites for hydroxylation is 1. The topological polar surface area (TPSA) is 76.2 Å². The molecule has 3 aromatic rings. The predicted octanol–water partition coefficient (Wildman–Crippen LogP) is 4.31. The summed E-state index contributed by atoms with van der Waals surface area (Å²) in [7, 11) is 0. The molecular formula is C24H31N5O2S. The number of carbonyl (C=O) groups excluding carboxylic acids is 1. The van der Waals surface area contributed by atoms with Crippen molar-refractivity contribution in [3.8, 4) is 17.3 Å². The zero-order valence-corrected chi connectivity index (χ0v) is 19.4. The average Bonchev–Trinajstić information content (AvgIpc) is 3.48. The summed E-state index contributed by atoms with van der Waals surface area (Å²) in [5.74, 6) is 2.28. The second-order valence-electron chi connectivity index (χ2n) is 8.11. The largest absolute Gasteiger partial charge is 0.461 e. The third kappa shape index (κ3) is 5.81. The molecular weight excluding hydrogens is 422 g/mol. The number of nitrogens with one attached hydrogen (secondary N) is 1. The summed E-state index contributed by atoms with van der Waals surface area (Å²) in [4.78, 5) is 14.6. The molecule has 1 amide bonds. The van der Waals surface area contributed by atoms with Gasteiger partial charge in [0, 0.05) is 25.3 Å². The van der Waals surface area contributed by atoms with E-state index in [1.165, 1.54) is 19.3 Å². The number of amides is 1. The molecule has 32 heavy (non-hydrogen) atoms. The van der Waals surface area contributed by atoms with Crippen LogP contribution in [-0.2, 0) is 4.79 Å². The molecule has 1 saturated heterocycles. The molecule has 1 fully saturated rings. The van der Waals surface area contributed by atoms with Gasteiger partial charge in [0.05, 0.1) is 12.0 Å². The van der Waals surface area contributed by atoms with Gasteiger partial charge in [-0.25, -0.2) is 0 Å². The Hall–Kier alpha value is -2.58. The molecule has 1 aliphatic heterocycles. The highest BCUT2D eigenvalue weighted by atomic mass is 32.2. The summed E-state index contributed by atoms with van der Waals surface area (Å²) in [5.41, 5.74) is 2.16. The number of nitrogens with zero attached hydrogens (tertiary/aromatic N) is 4. The molecule has 1 aromatic carbocycles. The summed E-state index contributed by atoms with van der Waals surface area (Å²) in [6.07, 6.45) is 6.84. The highest BCUT2D eigenvalue weighted by Gasteiger charge is 2.19. The summed E-state index contributed by atoms with van der Waals surface area (Å²) in [6.45, 7) is 6.09. The Morgan fingerprint density at radius 3 is 2.75 bits per heavy atom. The van der Waals surface area contributed by atoms with Gasteiger partial charge in [0.1, 0.15) is 0 Å².